The van der Waals surface area contributed by atoms with Crippen LogP contribution in [0.2, 0.25) is 5.02 Å². The molecule has 1 aliphatic carbocycles. The van der Waals surface area contributed by atoms with E-state index in [1.165, 1.54) is 6.07 Å². The van der Waals surface area contributed by atoms with Crippen LogP contribution in [0, 0.1) is 11.3 Å². The fourth-order valence-electron chi connectivity index (χ4n) is 4.42. The van der Waals surface area contributed by atoms with Gasteiger partial charge in [0.25, 0.3) is 0 Å². The summed E-state index contributed by atoms with van der Waals surface area (Å²) in [7, 11) is 0. The van der Waals surface area contributed by atoms with Crippen molar-refractivity contribution in [2.45, 2.75) is 37.4 Å². The van der Waals surface area contributed by atoms with E-state index >= 15 is 0 Å². The number of hydrogen-bond acceptors (Lipinski definition) is 6. The molecule has 0 bridgehead atoms. The number of aromatic nitrogens is 2. The predicted molar refractivity (Wildman–Crippen MR) is 117 cm³/mol. The SMILES string of the molecule is N#Cc1ccc(NC2(C(=O)N3CCN(c4ccc(C(F)(F)F)nn4)CC3)CCCC2)cc1Cl. The maximum Gasteiger partial charge on any atom is 0.435 e. The molecule has 33 heavy (non-hydrogen) atoms. The van der Waals surface area contributed by atoms with Gasteiger partial charge in [-0.1, -0.05) is 24.4 Å². The van der Waals surface area contributed by atoms with Gasteiger partial charge >= 0.3 is 6.18 Å². The number of piperazine rings is 1. The van der Waals surface area contributed by atoms with Crippen LogP contribution in [0.4, 0.5) is 24.7 Å². The van der Waals surface area contributed by atoms with E-state index in [-0.39, 0.29) is 5.91 Å². The van der Waals surface area contributed by atoms with Crippen LogP contribution in [-0.4, -0.2) is 52.7 Å². The van der Waals surface area contributed by atoms with Crippen molar-refractivity contribution in [1.29, 1.82) is 5.26 Å². The van der Waals surface area contributed by atoms with E-state index in [1.54, 1.807) is 23.1 Å². The number of nitrogens with one attached hydrogen (secondary N) is 1. The molecule has 174 valence electrons. The summed E-state index contributed by atoms with van der Waals surface area (Å²) in [5, 5.41) is 19.8. The Morgan fingerprint density at radius 1 is 1.09 bits per heavy atom. The third kappa shape index (κ3) is 4.83. The number of carbonyl (C=O) groups is 1. The highest BCUT2D eigenvalue weighted by molar-refractivity contribution is 6.32. The minimum atomic E-state index is -4.53. The first kappa shape index (κ1) is 23.1. The standard InChI is InChI=1S/C22H22ClF3N6O/c23-17-13-16(4-3-15(17)14-27)28-21(7-1-2-8-21)20(33)32-11-9-31(10-12-32)19-6-5-18(29-30-19)22(24,25)26/h3-6,13,28H,1-2,7-12H2. The van der Waals surface area contributed by atoms with Crippen molar-refractivity contribution >= 4 is 29.0 Å². The molecule has 1 saturated carbocycles. The van der Waals surface area contributed by atoms with Crippen LogP contribution in [0.3, 0.4) is 0 Å². The van der Waals surface area contributed by atoms with Crippen LogP contribution >= 0.6 is 11.6 Å². The van der Waals surface area contributed by atoms with Crippen molar-refractivity contribution in [1.82, 2.24) is 15.1 Å². The van der Waals surface area contributed by atoms with Gasteiger partial charge in [-0.3, -0.25) is 4.79 Å². The Balaban J connectivity index is 1.43. The first-order valence-corrected chi connectivity index (χ1v) is 11.0. The highest BCUT2D eigenvalue weighted by Gasteiger charge is 2.44. The van der Waals surface area contributed by atoms with Crippen LogP contribution in [0.25, 0.3) is 0 Å². The lowest BCUT2D eigenvalue weighted by atomic mass is 9.94. The average Bonchev–Trinajstić information content (AvgIpc) is 3.28. The maximum atomic E-state index is 13.5. The highest BCUT2D eigenvalue weighted by atomic mass is 35.5. The zero-order chi connectivity index (χ0) is 23.6. The Morgan fingerprint density at radius 3 is 2.33 bits per heavy atom. The first-order valence-electron chi connectivity index (χ1n) is 10.6. The molecule has 1 N–H and O–H groups in total. The smallest absolute Gasteiger partial charge is 0.371 e. The number of amides is 1. The number of benzene rings is 1. The molecule has 11 heteroatoms. The molecule has 2 aliphatic rings. The molecule has 1 amide bonds. The maximum absolute atomic E-state index is 13.5. The molecular weight excluding hydrogens is 457 g/mol. The monoisotopic (exact) mass is 478 g/mol. The van der Waals surface area contributed by atoms with E-state index in [0.717, 1.165) is 18.9 Å². The number of nitriles is 1. The lowest BCUT2D eigenvalue weighted by Crippen LogP contribution is -2.57. The number of alkyl halides is 3. The number of hydrogen-bond donors (Lipinski definition) is 1. The van der Waals surface area contributed by atoms with Crippen molar-refractivity contribution in [3.05, 3.63) is 46.6 Å². The van der Waals surface area contributed by atoms with E-state index in [4.69, 9.17) is 16.9 Å². The molecule has 7 nitrogen and oxygen atoms in total. The molecule has 0 spiro atoms. The van der Waals surface area contributed by atoms with Gasteiger partial charge in [-0.05, 0) is 43.2 Å². The first-order chi connectivity index (χ1) is 15.7. The lowest BCUT2D eigenvalue weighted by Gasteiger charge is -2.40. The van der Waals surface area contributed by atoms with Gasteiger partial charge in [0, 0.05) is 31.9 Å². The molecule has 0 unspecified atom stereocenters. The van der Waals surface area contributed by atoms with E-state index in [0.29, 0.717) is 61.1 Å². The van der Waals surface area contributed by atoms with Crippen molar-refractivity contribution in [3.8, 4) is 6.07 Å². The van der Waals surface area contributed by atoms with Gasteiger partial charge in [0.1, 0.15) is 11.6 Å². The van der Waals surface area contributed by atoms with Crippen LogP contribution in [0.15, 0.2) is 30.3 Å². The molecule has 2 fully saturated rings. The molecule has 2 heterocycles. The molecule has 0 radical (unpaired) electrons. The lowest BCUT2D eigenvalue weighted by molar-refractivity contribution is -0.141. The normalized spacial score (nSPS) is 18.2. The van der Waals surface area contributed by atoms with Crippen LogP contribution < -0.4 is 10.2 Å². The number of rotatable bonds is 4. The molecule has 1 aromatic carbocycles. The van der Waals surface area contributed by atoms with E-state index in [1.807, 2.05) is 11.0 Å². The Bertz CT molecular complexity index is 1060. The van der Waals surface area contributed by atoms with Crippen molar-refractivity contribution in [2.24, 2.45) is 0 Å². The second-order valence-corrected chi connectivity index (χ2v) is 8.68. The summed E-state index contributed by atoms with van der Waals surface area (Å²) in [5.74, 6) is 0.356. The third-order valence-electron chi connectivity index (χ3n) is 6.17. The number of halogens is 4. The minimum absolute atomic E-state index is 0.00126. The number of anilines is 2. The largest absolute Gasteiger partial charge is 0.435 e. The summed E-state index contributed by atoms with van der Waals surface area (Å²) in [6.07, 6.45) is -1.31. The zero-order valence-corrected chi connectivity index (χ0v) is 18.5. The van der Waals surface area contributed by atoms with Gasteiger partial charge in [0.2, 0.25) is 5.91 Å². The van der Waals surface area contributed by atoms with Crippen LogP contribution in [0.5, 0.6) is 0 Å². The summed E-state index contributed by atoms with van der Waals surface area (Å²) in [4.78, 5) is 17.2. The van der Waals surface area contributed by atoms with Gasteiger partial charge < -0.3 is 15.1 Å². The summed E-state index contributed by atoms with van der Waals surface area (Å²) >= 11 is 6.16. The van der Waals surface area contributed by atoms with Gasteiger partial charge in [-0.15, -0.1) is 10.2 Å². The summed E-state index contributed by atoms with van der Waals surface area (Å²) in [6, 6.07) is 9.28. The molecule has 2 aromatic rings. The Labute approximate surface area is 194 Å². The molecule has 1 saturated heterocycles. The molecule has 4 rings (SSSR count). The van der Waals surface area contributed by atoms with Crippen molar-refractivity contribution < 1.29 is 18.0 Å². The molecular formula is C22H22ClF3N6O. The Morgan fingerprint density at radius 2 is 1.79 bits per heavy atom. The fraction of sp³-hybridized carbons (Fsp3) is 0.455. The quantitative estimate of drug-likeness (QED) is 0.712. The topological polar surface area (TPSA) is 85.2 Å². The second-order valence-electron chi connectivity index (χ2n) is 8.27. The van der Waals surface area contributed by atoms with Crippen LogP contribution in [-0.2, 0) is 11.0 Å². The summed E-state index contributed by atoms with van der Waals surface area (Å²) in [5.41, 5.74) is -0.713. The highest BCUT2D eigenvalue weighted by Crippen LogP contribution is 2.36. The molecule has 1 aromatic heterocycles. The van der Waals surface area contributed by atoms with Gasteiger partial charge in [0.05, 0.1) is 10.6 Å². The van der Waals surface area contributed by atoms with E-state index in [2.05, 4.69) is 15.5 Å². The zero-order valence-electron chi connectivity index (χ0n) is 17.7. The Kier molecular flexibility index (Phi) is 6.34. The predicted octanol–water partition coefficient (Wildman–Crippen LogP) is 4.09. The second kappa shape index (κ2) is 9.06. The summed E-state index contributed by atoms with van der Waals surface area (Å²) in [6.45, 7) is 1.76. The van der Waals surface area contributed by atoms with Crippen molar-refractivity contribution in [2.75, 3.05) is 36.4 Å². The fourth-order valence-corrected chi connectivity index (χ4v) is 4.64. The average molecular weight is 479 g/mol. The third-order valence-corrected chi connectivity index (χ3v) is 6.48. The Hall–Kier alpha value is -3.06. The number of nitrogens with zero attached hydrogens (tertiary/aromatic N) is 5. The van der Waals surface area contributed by atoms with E-state index < -0.39 is 17.4 Å². The molecule has 1 aliphatic heterocycles. The molecule has 0 atom stereocenters. The van der Waals surface area contributed by atoms with Gasteiger partial charge in [0.15, 0.2) is 11.5 Å². The minimum Gasteiger partial charge on any atom is -0.371 e. The van der Waals surface area contributed by atoms with Crippen molar-refractivity contribution in [3.63, 3.8) is 0 Å². The summed E-state index contributed by atoms with van der Waals surface area (Å²) < 4.78 is 38.1. The van der Waals surface area contributed by atoms with Gasteiger partial charge in [-0.25, -0.2) is 0 Å². The van der Waals surface area contributed by atoms with E-state index in [9.17, 15) is 18.0 Å². The number of carbonyl (C=O) groups excluding carboxylic acids is 1. The van der Waals surface area contributed by atoms with Gasteiger partial charge in [-0.2, -0.15) is 18.4 Å². The van der Waals surface area contributed by atoms with Crippen LogP contribution in [0.1, 0.15) is 36.9 Å².